The SMILES string of the molecule is COC(=O)C(C)CN(CCCOC(C)C)C(=O)Cc1ccc(OC)cc1. The average Bonchev–Trinajstić information content (AvgIpc) is 2.63. The highest BCUT2D eigenvalue weighted by atomic mass is 16.5. The van der Waals surface area contributed by atoms with Gasteiger partial charge in [-0.05, 0) is 38.0 Å². The van der Waals surface area contributed by atoms with E-state index in [0.717, 1.165) is 17.7 Å². The molecule has 1 aromatic carbocycles. The number of hydrogen-bond acceptors (Lipinski definition) is 5. The van der Waals surface area contributed by atoms with E-state index >= 15 is 0 Å². The van der Waals surface area contributed by atoms with Crippen molar-refractivity contribution in [2.24, 2.45) is 5.92 Å². The van der Waals surface area contributed by atoms with Crippen LogP contribution < -0.4 is 4.74 Å². The summed E-state index contributed by atoms with van der Waals surface area (Å²) in [6, 6.07) is 7.42. The first kappa shape index (κ1) is 22.0. The fourth-order valence-corrected chi connectivity index (χ4v) is 2.53. The molecule has 1 rings (SSSR count). The van der Waals surface area contributed by atoms with Crippen LogP contribution in [0.4, 0.5) is 0 Å². The van der Waals surface area contributed by atoms with Gasteiger partial charge in [-0.25, -0.2) is 0 Å². The maximum absolute atomic E-state index is 12.7. The quantitative estimate of drug-likeness (QED) is 0.446. The van der Waals surface area contributed by atoms with E-state index in [0.29, 0.717) is 19.7 Å². The summed E-state index contributed by atoms with van der Waals surface area (Å²) in [6.45, 7) is 7.19. The van der Waals surface area contributed by atoms with Crippen molar-refractivity contribution in [2.75, 3.05) is 33.9 Å². The van der Waals surface area contributed by atoms with Crippen molar-refractivity contribution in [2.45, 2.75) is 39.7 Å². The standard InChI is InChI=1S/C20H31NO5/c1-15(2)26-12-6-11-21(14-16(3)20(23)25-5)19(22)13-17-7-9-18(24-4)10-8-17/h7-10,15-16H,6,11-14H2,1-5H3. The van der Waals surface area contributed by atoms with Gasteiger partial charge in [0.1, 0.15) is 5.75 Å². The molecule has 0 aliphatic heterocycles. The van der Waals surface area contributed by atoms with Gasteiger partial charge < -0.3 is 19.1 Å². The van der Waals surface area contributed by atoms with E-state index in [9.17, 15) is 9.59 Å². The van der Waals surface area contributed by atoms with Gasteiger partial charge in [-0.3, -0.25) is 9.59 Å². The summed E-state index contributed by atoms with van der Waals surface area (Å²) in [5.74, 6) is 0.0511. The second-order valence-corrected chi connectivity index (χ2v) is 6.56. The lowest BCUT2D eigenvalue weighted by Gasteiger charge is -2.25. The van der Waals surface area contributed by atoms with Crippen molar-refractivity contribution in [1.29, 1.82) is 0 Å². The Hall–Kier alpha value is -2.08. The van der Waals surface area contributed by atoms with Gasteiger partial charge in [0.15, 0.2) is 0 Å². The van der Waals surface area contributed by atoms with Crippen molar-refractivity contribution in [3.05, 3.63) is 29.8 Å². The molecule has 0 aliphatic rings. The molecule has 0 heterocycles. The van der Waals surface area contributed by atoms with E-state index in [1.54, 1.807) is 18.9 Å². The molecule has 1 unspecified atom stereocenters. The second kappa shape index (κ2) is 11.5. The van der Waals surface area contributed by atoms with Crippen molar-refractivity contribution >= 4 is 11.9 Å². The second-order valence-electron chi connectivity index (χ2n) is 6.56. The number of hydrogen-bond donors (Lipinski definition) is 0. The normalized spacial score (nSPS) is 11.9. The molecule has 146 valence electrons. The Morgan fingerprint density at radius 3 is 2.27 bits per heavy atom. The molecule has 0 fully saturated rings. The van der Waals surface area contributed by atoms with Crippen LogP contribution in [-0.4, -0.2) is 56.8 Å². The summed E-state index contributed by atoms with van der Waals surface area (Å²) < 4.78 is 15.5. The summed E-state index contributed by atoms with van der Waals surface area (Å²) in [5.41, 5.74) is 0.907. The Morgan fingerprint density at radius 2 is 1.73 bits per heavy atom. The van der Waals surface area contributed by atoms with E-state index in [-0.39, 0.29) is 30.3 Å². The van der Waals surface area contributed by atoms with Crippen LogP contribution in [-0.2, 0) is 25.5 Å². The van der Waals surface area contributed by atoms with Crippen LogP contribution in [0.15, 0.2) is 24.3 Å². The Balaban J connectivity index is 2.70. The molecule has 0 bridgehead atoms. The van der Waals surface area contributed by atoms with Crippen molar-refractivity contribution in [3.63, 3.8) is 0 Å². The summed E-state index contributed by atoms with van der Waals surface area (Å²) >= 11 is 0. The largest absolute Gasteiger partial charge is 0.497 e. The number of ether oxygens (including phenoxy) is 3. The Kier molecular flexibility index (Phi) is 9.73. The lowest BCUT2D eigenvalue weighted by molar-refractivity contribution is -0.146. The molecule has 0 radical (unpaired) electrons. The number of nitrogens with zero attached hydrogens (tertiary/aromatic N) is 1. The lowest BCUT2D eigenvalue weighted by atomic mass is 10.1. The molecule has 0 aliphatic carbocycles. The number of carbonyl (C=O) groups excluding carboxylic acids is 2. The van der Waals surface area contributed by atoms with Gasteiger partial charge in [-0.2, -0.15) is 0 Å². The molecule has 0 saturated carbocycles. The molecular formula is C20H31NO5. The van der Waals surface area contributed by atoms with Gasteiger partial charge in [0.25, 0.3) is 0 Å². The predicted molar refractivity (Wildman–Crippen MR) is 100 cm³/mol. The number of methoxy groups -OCH3 is 2. The molecule has 1 aromatic rings. The van der Waals surface area contributed by atoms with E-state index < -0.39 is 0 Å². The maximum Gasteiger partial charge on any atom is 0.310 e. The van der Waals surface area contributed by atoms with E-state index in [4.69, 9.17) is 14.2 Å². The van der Waals surface area contributed by atoms with Crippen molar-refractivity contribution < 1.29 is 23.8 Å². The Labute approximate surface area is 156 Å². The average molecular weight is 365 g/mol. The molecule has 6 heteroatoms. The van der Waals surface area contributed by atoms with Crippen LogP contribution >= 0.6 is 0 Å². The number of benzene rings is 1. The molecule has 0 saturated heterocycles. The van der Waals surface area contributed by atoms with Gasteiger partial charge in [-0.15, -0.1) is 0 Å². The van der Waals surface area contributed by atoms with Crippen LogP contribution in [0.5, 0.6) is 5.75 Å². The highest BCUT2D eigenvalue weighted by molar-refractivity contribution is 5.80. The van der Waals surface area contributed by atoms with Crippen LogP contribution in [0.25, 0.3) is 0 Å². The zero-order chi connectivity index (χ0) is 19.5. The van der Waals surface area contributed by atoms with Gasteiger partial charge in [0.05, 0.1) is 32.7 Å². The number of amides is 1. The molecule has 6 nitrogen and oxygen atoms in total. The first-order valence-electron chi connectivity index (χ1n) is 8.97. The minimum Gasteiger partial charge on any atom is -0.497 e. The minimum atomic E-state index is -0.370. The molecule has 1 amide bonds. The minimum absolute atomic E-state index is 0.0181. The third kappa shape index (κ3) is 7.87. The fourth-order valence-electron chi connectivity index (χ4n) is 2.53. The van der Waals surface area contributed by atoms with Gasteiger partial charge in [0.2, 0.25) is 5.91 Å². The van der Waals surface area contributed by atoms with Gasteiger partial charge >= 0.3 is 5.97 Å². The van der Waals surface area contributed by atoms with Crippen LogP contribution in [0.2, 0.25) is 0 Å². The third-order valence-electron chi connectivity index (χ3n) is 3.99. The highest BCUT2D eigenvalue weighted by Crippen LogP contribution is 2.13. The molecular weight excluding hydrogens is 334 g/mol. The van der Waals surface area contributed by atoms with E-state index in [1.807, 2.05) is 38.1 Å². The summed E-state index contributed by atoms with van der Waals surface area (Å²) in [5, 5.41) is 0. The topological polar surface area (TPSA) is 65.1 Å². The van der Waals surface area contributed by atoms with Crippen molar-refractivity contribution in [3.8, 4) is 5.75 Å². The molecule has 0 aromatic heterocycles. The summed E-state index contributed by atoms with van der Waals surface area (Å²) in [7, 11) is 2.97. The zero-order valence-corrected chi connectivity index (χ0v) is 16.5. The Bertz CT molecular complexity index is 556. The van der Waals surface area contributed by atoms with Gasteiger partial charge in [0, 0.05) is 19.7 Å². The zero-order valence-electron chi connectivity index (χ0n) is 16.5. The monoisotopic (exact) mass is 365 g/mol. The predicted octanol–water partition coefficient (Wildman–Crippen LogP) is 2.69. The maximum atomic E-state index is 12.7. The third-order valence-corrected chi connectivity index (χ3v) is 3.99. The highest BCUT2D eigenvalue weighted by Gasteiger charge is 2.21. The van der Waals surface area contributed by atoms with Gasteiger partial charge in [-0.1, -0.05) is 19.1 Å². The summed E-state index contributed by atoms with van der Waals surface area (Å²) in [6.07, 6.45) is 1.16. The first-order valence-corrected chi connectivity index (χ1v) is 8.97. The number of rotatable bonds is 11. The number of esters is 1. The summed E-state index contributed by atoms with van der Waals surface area (Å²) in [4.78, 5) is 26.2. The van der Waals surface area contributed by atoms with E-state index in [1.165, 1.54) is 7.11 Å². The molecule has 0 spiro atoms. The van der Waals surface area contributed by atoms with Crippen LogP contribution in [0, 0.1) is 5.92 Å². The molecule has 26 heavy (non-hydrogen) atoms. The first-order chi connectivity index (χ1) is 12.4. The smallest absolute Gasteiger partial charge is 0.310 e. The van der Waals surface area contributed by atoms with E-state index in [2.05, 4.69) is 0 Å². The fraction of sp³-hybridized carbons (Fsp3) is 0.600. The van der Waals surface area contributed by atoms with Crippen LogP contribution in [0.3, 0.4) is 0 Å². The van der Waals surface area contributed by atoms with Crippen LogP contribution in [0.1, 0.15) is 32.8 Å². The molecule has 1 atom stereocenters. The lowest BCUT2D eigenvalue weighted by Crippen LogP contribution is -2.39. The van der Waals surface area contributed by atoms with Crippen molar-refractivity contribution in [1.82, 2.24) is 4.90 Å². The number of carbonyl (C=O) groups is 2. The molecule has 0 N–H and O–H groups in total. The Morgan fingerprint density at radius 1 is 1.08 bits per heavy atom.